The Hall–Kier alpha value is -0.290. The topological polar surface area (TPSA) is 17.8 Å². The van der Waals surface area contributed by atoms with Gasteiger partial charge in [-0.05, 0) is 65.5 Å². The van der Waals surface area contributed by atoms with Gasteiger partial charge in [0.1, 0.15) is 5.82 Å². The molecule has 0 unspecified atom stereocenters. The van der Waals surface area contributed by atoms with Crippen molar-refractivity contribution in [2.45, 2.75) is 52.0 Å². The number of nitrogens with zero attached hydrogens (tertiary/aromatic N) is 2. The van der Waals surface area contributed by atoms with E-state index in [0.29, 0.717) is 11.3 Å². The molecule has 1 saturated carbocycles. The third kappa shape index (κ3) is 3.09. The van der Waals surface area contributed by atoms with E-state index in [4.69, 9.17) is 16.6 Å². The number of hydrogen-bond acceptors (Lipinski definition) is 1. The average molecular weight is 417 g/mol. The molecule has 3 rings (SSSR count). The maximum absolute atomic E-state index is 6.00. The van der Waals surface area contributed by atoms with Crippen molar-refractivity contribution in [2.75, 3.05) is 5.88 Å². The van der Waals surface area contributed by atoms with E-state index in [-0.39, 0.29) is 0 Å². The Bertz CT molecular complexity index is 629. The summed E-state index contributed by atoms with van der Waals surface area (Å²) in [5.41, 5.74) is 2.86. The lowest BCUT2D eigenvalue weighted by Gasteiger charge is -2.29. The Morgan fingerprint density at radius 1 is 1.33 bits per heavy atom. The van der Waals surface area contributed by atoms with Gasteiger partial charge in [0.15, 0.2) is 0 Å². The van der Waals surface area contributed by atoms with Gasteiger partial charge in [0.2, 0.25) is 0 Å². The Kier molecular flexibility index (Phi) is 4.79. The van der Waals surface area contributed by atoms with Crippen LogP contribution in [0.5, 0.6) is 0 Å². The van der Waals surface area contributed by atoms with Crippen LogP contribution < -0.4 is 0 Å². The molecule has 1 aliphatic carbocycles. The van der Waals surface area contributed by atoms with Crippen LogP contribution in [0.3, 0.4) is 0 Å². The van der Waals surface area contributed by atoms with E-state index < -0.39 is 0 Å². The molecule has 0 saturated heterocycles. The summed E-state index contributed by atoms with van der Waals surface area (Å²) in [5, 5.41) is 0. The Labute approximate surface area is 145 Å². The third-order valence-electron chi connectivity index (χ3n) is 5.02. The van der Waals surface area contributed by atoms with E-state index in [0.717, 1.165) is 24.3 Å². The average Bonchev–Trinajstić information content (AvgIpc) is 3.06. The predicted molar refractivity (Wildman–Crippen MR) is 98.1 cm³/mol. The molecule has 1 aromatic carbocycles. The molecule has 0 amide bonds. The minimum atomic E-state index is 0.470. The normalized spacial score (nSPS) is 17.7. The minimum absolute atomic E-state index is 0.470. The van der Waals surface area contributed by atoms with Crippen molar-refractivity contribution in [1.29, 1.82) is 0 Å². The van der Waals surface area contributed by atoms with Crippen LogP contribution in [-0.4, -0.2) is 15.4 Å². The summed E-state index contributed by atoms with van der Waals surface area (Å²) in [6.45, 7) is 3.45. The highest BCUT2D eigenvalue weighted by Crippen LogP contribution is 2.43. The number of fused-ring (bicyclic) bond motifs is 1. The molecule has 0 atom stereocenters. The first-order chi connectivity index (χ1) is 10.2. The van der Waals surface area contributed by atoms with E-state index in [1.54, 1.807) is 0 Å². The van der Waals surface area contributed by atoms with Crippen molar-refractivity contribution < 1.29 is 0 Å². The number of aryl methyl sites for hydroxylation is 1. The van der Waals surface area contributed by atoms with Crippen LogP contribution in [0.4, 0.5) is 0 Å². The summed E-state index contributed by atoms with van der Waals surface area (Å²) < 4.78 is 3.69. The third-order valence-corrected chi connectivity index (χ3v) is 5.88. The second-order valence-corrected chi connectivity index (χ2v) is 7.87. The minimum Gasteiger partial charge on any atom is -0.327 e. The molecule has 1 heterocycles. The maximum Gasteiger partial charge on any atom is 0.111 e. The first kappa shape index (κ1) is 15.6. The molecule has 2 nitrogen and oxygen atoms in total. The summed E-state index contributed by atoms with van der Waals surface area (Å²) in [6.07, 6.45) is 7.58. The van der Waals surface area contributed by atoms with Crippen molar-refractivity contribution >= 4 is 45.2 Å². The van der Waals surface area contributed by atoms with Crippen molar-refractivity contribution in [3.63, 3.8) is 0 Å². The zero-order valence-electron chi connectivity index (χ0n) is 12.5. The molecule has 0 N–H and O–H groups in total. The van der Waals surface area contributed by atoms with Crippen molar-refractivity contribution in [1.82, 2.24) is 9.55 Å². The monoisotopic (exact) mass is 416 g/mol. The maximum atomic E-state index is 6.00. The molecule has 0 radical (unpaired) electrons. The quantitative estimate of drug-likeness (QED) is 0.472. The molecular formula is C17H22ClIN2. The molecule has 1 aromatic heterocycles. The van der Waals surface area contributed by atoms with Crippen LogP contribution >= 0.6 is 34.2 Å². The predicted octanol–water partition coefficient (Wildman–Crippen LogP) is 5.39. The summed E-state index contributed by atoms with van der Waals surface area (Å²) in [5.74, 6) is 1.79. The lowest BCUT2D eigenvalue weighted by molar-refractivity contribution is 0.238. The number of rotatable bonds is 5. The molecule has 4 heteroatoms. The fraction of sp³-hybridized carbons (Fsp3) is 0.588. The van der Waals surface area contributed by atoms with Gasteiger partial charge in [0.05, 0.1) is 11.0 Å². The van der Waals surface area contributed by atoms with Crippen LogP contribution in [0.15, 0.2) is 18.2 Å². The Morgan fingerprint density at radius 2 is 2.10 bits per heavy atom. The highest BCUT2D eigenvalue weighted by molar-refractivity contribution is 14.1. The van der Waals surface area contributed by atoms with Crippen molar-refractivity contribution in [3.8, 4) is 0 Å². The molecule has 0 aliphatic heterocycles. The second-order valence-electron chi connectivity index (χ2n) is 6.25. The van der Waals surface area contributed by atoms with Gasteiger partial charge in [-0.25, -0.2) is 4.98 Å². The largest absolute Gasteiger partial charge is 0.327 e. The Morgan fingerprint density at radius 3 is 2.76 bits per heavy atom. The highest BCUT2D eigenvalue weighted by Gasteiger charge is 2.33. The van der Waals surface area contributed by atoms with Gasteiger partial charge in [0.25, 0.3) is 0 Å². The number of aromatic nitrogens is 2. The van der Waals surface area contributed by atoms with Crippen LogP contribution in [0.25, 0.3) is 11.0 Å². The van der Waals surface area contributed by atoms with E-state index >= 15 is 0 Å². The fourth-order valence-electron chi connectivity index (χ4n) is 3.69. The van der Waals surface area contributed by atoms with Crippen LogP contribution in [0.1, 0.15) is 44.9 Å². The summed E-state index contributed by atoms with van der Waals surface area (Å²) in [6, 6.07) is 6.58. The van der Waals surface area contributed by atoms with Gasteiger partial charge < -0.3 is 4.57 Å². The van der Waals surface area contributed by atoms with Crippen LogP contribution in [0, 0.1) is 8.99 Å². The molecule has 1 aliphatic rings. The summed E-state index contributed by atoms with van der Waals surface area (Å²) >= 11 is 8.35. The highest BCUT2D eigenvalue weighted by atomic mass is 127. The summed E-state index contributed by atoms with van der Waals surface area (Å²) in [4.78, 5) is 4.84. The van der Waals surface area contributed by atoms with Gasteiger partial charge >= 0.3 is 0 Å². The van der Waals surface area contributed by atoms with Gasteiger partial charge in [-0.15, -0.1) is 11.6 Å². The summed E-state index contributed by atoms with van der Waals surface area (Å²) in [7, 11) is 0. The van der Waals surface area contributed by atoms with Crippen LogP contribution in [-0.2, 0) is 13.0 Å². The second kappa shape index (κ2) is 6.45. The van der Waals surface area contributed by atoms with Crippen molar-refractivity contribution in [2.24, 2.45) is 5.41 Å². The van der Waals surface area contributed by atoms with E-state index in [1.165, 1.54) is 41.2 Å². The SMILES string of the molecule is CCC1(Cn2c(CCCl)nc3cc(I)ccc32)CCCC1. The van der Waals surface area contributed by atoms with Gasteiger partial charge in [0, 0.05) is 22.4 Å². The fourth-order valence-corrected chi connectivity index (χ4v) is 4.33. The standard InChI is InChI=1S/C17H22ClIN2/c1-2-17(8-3-4-9-17)12-21-15-6-5-13(19)11-14(15)20-16(21)7-10-18/h5-6,11H,2-4,7-10,12H2,1H3. The lowest BCUT2D eigenvalue weighted by atomic mass is 9.83. The lowest BCUT2D eigenvalue weighted by Crippen LogP contribution is -2.24. The molecule has 2 aromatic rings. The molecule has 114 valence electrons. The smallest absolute Gasteiger partial charge is 0.111 e. The van der Waals surface area contributed by atoms with E-state index in [1.807, 2.05) is 0 Å². The molecule has 21 heavy (non-hydrogen) atoms. The zero-order chi connectivity index (χ0) is 14.9. The van der Waals surface area contributed by atoms with Crippen molar-refractivity contribution in [3.05, 3.63) is 27.6 Å². The van der Waals surface area contributed by atoms with Crippen LogP contribution in [0.2, 0.25) is 0 Å². The number of hydrogen-bond donors (Lipinski definition) is 0. The van der Waals surface area contributed by atoms with Gasteiger partial charge in [-0.1, -0.05) is 19.8 Å². The number of alkyl halides is 1. The Balaban J connectivity index is 2.04. The molecule has 0 bridgehead atoms. The number of halogens is 2. The van der Waals surface area contributed by atoms with Gasteiger partial charge in [-0.3, -0.25) is 0 Å². The molecule has 0 spiro atoms. The zero-order valence-corrected chi connectivity index (χ0v) is 15.5. The number of imidazole rings is 1. The van der Waals surface area contributed by atoms with E-state index in [9.17, 15) is 0 Å². The first-order valence-corrected chi connectivity index (χ1v) is 9.49. The van der Waals surface area contributed by atoms with E-state index in [2.05, 4.69) is 52.3 Å². The number of benzene rings is 1. The molecule has 1 fully saturated rings. The van der Waals surface area contributed by atoms with Gasteiger partial charge in [-0.2, -0.15) is 0 Å². The first-order valence-electron chi connectivity index (χ1n) is 7.88. The molecular weight excluding hydrogens is 395 g/mol.